The number of nitrogens with zero attached hydrogens (tertiary/aromatic N) is 4. The Morgan fingerprint density at radius 1 is 1.29 bits per heavy atom. The SMILES string of the molecule is CN(CCC(=O)O)C(=O)Cn1cc(-c2ccccc2)nn1. The Hall–Kier alpha value is -2.70. The molecular formula is C14H16N4O3. The molecule has 0 aliphatic carbocycles. The van der Waals surface area contributed by atoms with Gasteiger partial charge in [0.1, 0.15) is 12.2 Å². The number of hydrogen-bond acceptors (Lipinski definition) is 4. The molecule has 1 aromatic carbocycles. The molecule has 0 radical (unpaired) electrons. The molecule has 1 amide bonds. The number of hydrogen-bond donors (Lipinski definition) is 1. The number of carboxylic acids is 1. The molecule has 2 rings (SSSR count). The summed E-state index contributed by atoms with van der Waals surface area (Å²) in [5.74, 6) is -1.14. The van der Waals surface area contributed by atoms with Gasteiger partial charge in [-0.3, -0.25) is 9.59 Å². The monoisotopic (exact) mass is 288 g/mol. The third-order valence-corrected chi connectivity index (χ3v) is 2.99. The molecule has 0 saturated carbocycles. The van der Waals surface area contributed by atoms with E-state index in [2.05, 4.69) is 10.3 Å². The molecule has 1 N–H and O–H groups in total. The number of carboxylic acid groups (broad SMARTS) is 1. The van der Waals surface area contributed by atoms with Crippen molar-refractivity contribution in [1.29, 1.82) is 0 Å². The molecule has 0 spiro atoms. The van der Waals surface area contributed by atoms with E-state index in [4.69, 9.17) is 5.11 Å². The van der Waals surface area contributed by atoms with Crippen LogP contribution in [0.3, 0.4) is 0 Å². The molecule has 0 aliphatic heterocycles. The summed E-state index contributed by atoms with van der Waals surface area (Å²) in [7, 11) is 1.57. The molecule has 0 bridgehead atoms. The number of rotatable bonds is 6. The van der Waals surface area contributed by atoms with Gasteiger partial charge in [-0.2, -0.15) is 0 Å². The standard InChI is InChI=1S/C14H16N4O3/c1-17(8-7-14(20)21)13(19)10-18-9-12(15-16-18)11-5-3-2-4-6-11/h2-6,9H,7-8,10H2,1H3,(H,20,21). The highest BCUT2D eigenvalue weighted by molar-refractivity contribution is 5.76. The molecule has 0 saturated heterocycles. The lowest BCUT2D eigenvalue weighted by Crippen LogP contribution is -2.32. The van der Waals surface area contributed by atoms with Crippen LogP contribution >= 0.6 is 0 Å². The number of aromatic nitrogens is 3. The molecule has 0 fully saturated rings. The summed E-state index contributed by atoms with van der Waals surface area (Å²) in [4.78, 5) is 23.8. The van der Waals surface area contributed by atoms with Crippen LogP contribution < -0.4 is 0 Å². The molecule has 7 nitrogen and oxygen atoms in total. The van der Waals surface area contributed by atoms with Crippen molar-refractivity contribution in [3.8, 4) is 11.3 Å². The van der Waals surface area contributed by atoms with Crippen LogP contribution in [0.25, 0.3) is 11.3 Å². The summed E-state index contributed by atoms with van der Waals surface area (Å²) in [5, 5.41) is 16.5. The van der Waals surface area contributed by atoms with Gasteiger partial charge in [0.15, 0.2) is 0 Å². The summed E-state index contributed by atoms with van der Waals surface area (Å²) in [5.41, 5.74) is 1.62. The molecular weight excluding hydrogens is 272 g/mol. The van der Waals surface area contributed by atoms with Gasteiger partial charge in [-0.05, 0) is 0 Å². The average Bonchev–Trinajstić information content (AvgIpc) is 2.94. The van der Waals surface area contributed by atoms with Crippen molar-refractivity contribution in [3.05, 3.63) is 36.5 Å². The van der Waals surface area contributed by atoms with Crippen molar-refractivity contribution in [1.82, 2.24) is 19.9 Å². The van der Waals surface area contributed by atoms with E-state index in [-0.39, 0.29) is 25.4 Å². The van der Waals surface area contributed by atoms with Crippen molar-refractivity contribution in [2.45, 2.75) is 13.0 Å². The first-order chi connectivity index (χ1) is 10.1. The highest BCUT2D eigenvalue weighted by Crippen LogP contribution is 2.14. The fourth-order valence-electron chi connectivity index (χ4n) is 1.76. The van der Waals surface area contributed by atoms with Gasteiger partial charge in [-0.1, -0.05) is 35.5 Å². The maximum atomic E-state index is 11.9. The Kier molecular flexibility index (Phi) is 4.65. The lowest BCUT2D eigenvalue weighted by molar-refractivity contribution is -0.138. The maximum absolute atomic E-state index is 11.9. The highest BCUT2D eigenvalue weighted by atomic mass is 16.4. The first kappa shape index (κ1) is 14.7. The molecule has 7 heteroatoms. The zero-order chi connectivity index (χ0) is 15.2. The van der Waals surface area contributed by atoms with Crippen molar-refractivity contribution >= 4 is 11.9 Å². The zero-order valence-corrected chi connectivity index (χ0v) is 11.6. The Labute approximate surface area is 121 Å². The molecule has 0 unspecified atom stereocenters. The molecule has 21 heavy (non-hydrogen) atoms. The van der Waals surface area contributed by atoms with Crippen LogP contribution in [0.15, 0.2) is 36.5 Å². The number of carbonyl (C=O) groups excluding carboxylic acids is 1. The van der Waals surface area contributed by atoms with Crippen LogP contribution in [-0.2, 0) is 16.1 Å². The van der Waals surface area contributed by atoms with E-state index in [1.165, 1.54) is 9.58 Å². The number of benzene rings is 1. The van der Waals surface area contributed by atoms with Crippen molar-refractivity contribution in [3.63, 3.8) is 0 Å². The summed E-state index contributed by atoms with van der Waals surface area (Å²) in [6.45, 7) is 0.213. The second kappa shape index (κ2) is 6.65. The zero-order valence-electron chi connectivity index (χ0n) is 11.6. The van der Waals surface area contributed by atoms with E-state index < -0.39 is 5.97 Å². The average molecular weight is 288 g/mol. The lowest BCUT2D eigenvalue weighted by Gasteiger charge is -2.15. The van der Waals surface area contributed by atoms with Crippen LogP contribution in [-0.4, -0.2) is 50.5 Å². The molecule has 1 aromatic heterocycles. The van der Waals surface area contributed by atoms with Gasteiger partial charge >= 0.3 is 5.97 Å². The predicted octanol–water partition coefficient (Wildman–Crippen LogP) is 0.878. The Morgan fingerprint density at radius 3 is 2.67 bits per heavy atom. The summed E-state index contributed by atoms with van der Waals surface area (Å²) >= 11 is 0. The van der Waals surface area contributed by atoms with Gasteiger partial charge in [0, 0.05) is 19.2 Å². The van der Waals surface area contributed by atoms with Gasteiger partial charge in [0.05, 0.1) is 12.6 Å². The number of amides is 1. The summed E-state index contributed by atoms with van der Waals surface area (Å²) < 4.78 is 1.45. The van der Waals surface area contributed by atoms with E-state index in [0.717, 1.165) is 5.56 Å². The topological polar surface area (TPSA) is 88.3 Å². The highest BCUT2D eigenvalue weighted by Gasteiger charge is 2.12. The van der Waals surface area contributed by atoms with Gasteiger partial charge in [-0.15, -0.1) is 5.10 Å². The number of likely N-dealkylation sites (N-methyl/N-ethyl adjacent to an activating group) is 1. The van der Waals surface area contributed by atoms with E-state index in [1.807, 2.05) is 30.3 Å². The minimum absolute atomic E-state index is 0.0377. The maximum Gasteiger partial charge on any atom is 0.305 e. The Balaban J connectivity index is 1.96. The van der Waals surface area contributed by atoms with Crippen molar-refractivity contribution in [2.24, 2.45) is 0 Å². The molecule has 110 valence electrons. The van der Waals surface area contributed by atoms with Crippen LogP contribution in [0.2, 0.25) is 0 Å². The summed E-state index contributed by atoms with van der Waals surface area (Å²) in [6.07, 6.45) is 1.62. The second-order valence-electron chi connectivity index (χ2n) is 4.63. The second-order valence-corrected chi connectivity index (χ2v) is 4.63. The molecule has 0 atom stereocenters. The quantitative estimate of drug-likeness (QED) is 0.852. The number of carbonyl (C=O) groups is 2. The predicted molar refractivity (Wildman–Crippen MR) is 75.3 cm³/mol. The van der Waals surface area contributed by atoms with Crippen LogP contribution in [0.4, 0.5) is 0 Å². The lowest BCUT2D eigenvalue weighted by atomic mass is 10.2. The van der Waals surface area contributed by atoms with E-state index in [9.17, 15) is 9.59 Å². The smallest absolute Gasteiger partial charge is 0.305 e. The molecule has 1 heterocycles. The minimum atomic E-state index is -0.929. The first-order valence-electron chi connectivity index (χ1n) is 6.47. The minimum Gasteiger partial charge on any atom is -0.481 e. The normalized spacial score (nSPS) is 10.3. The van der Waals surface area contributed by atoms with Gasteiger partial charge in [0.2, 0.25) is 5.91 Å². The van der Waals surface area contributed by atoms with Gasteiger partial charge in [-0.25, -0.2) is 4.68 Å². The third kappa shape index (κ3) is 4.13. The fourth-order valence-corrected chi connectivity index (χ4v) is 1.76. The fraction of sp³-hybridized carbons (Fsp3) is 0.286. The van der Waals surface area contributed by atoms with Crippen LogP contribution in [0.1, 0.15) is 6.42 Å². The third-order valence-electron chi connectivity index (χ3n) is 2.99. The van der Waals surface area contributed by atoms with E-state index in [1.54, 1.807) is 13.2 Å². The van der Waals surface area contributed by atoms with Crippen LogP contribution in [0, 0.1) is 0 Å². The van der Waals surface area contributed by atoms with Crippen molar-refractivity contribution in [2.75, 3.05) is 13.6 Å². The largest absolute Gasteiger partial charge is 0.481 e. The van der Waals surface area contributed by atoms with Crippen LogP contribution in [0.5, 0.6) is 0 Å². The Morgan fingerprint density at radius 2 is 2.00 bits per heavy atom. The number of aliphatic carboxylic acids is 1. The Bertz CT molecular complexity index is 624. The van der Waals surface area contributed by atoms with Gasteiger partial charge < -0.3 is 10.0 Å². The molecule has 0 aliphatic rings. The molecule has 2 aromatic rings. The first-order valence-corrected chi connectivity index (χ1v) is 6.47. The van der Waals surface area contributed by atoms with Gasteiger partial charge in [0.25, 0.3) is 0 Å². The van der Waals surface area contributed by atoms with E-state index in [0.29, 0.717) is 5.69 Å². The van der Waals surface area contributed by atoms with Crippen molar-refractivity contribution < 1.29 is 14.7 Å². The summed E-state index contributed by atoms with van der Waals surface area (Å²) in [6, 6.07) is 9.54. The van der Waals surface area contributed by atoms with E-state index >= 15 is 0 Å².